The quantitative estimate of drug-likeness (QED) is 0.785. The number of hydrogen-bond donors (Lipinski definition) is 0. The zero-order chi connectivity index (χ0) is 18.1. The van der Waals surface area contributed by atoms with Crippen molar-refractivity contribution >= 4 is 38.9 Å². The van der Waals surface area contributed by atoms with E-state index in [1.54, 1.807) is 37.8 Å². The third-order valence-corrected chi connectivity index (χ3v) is 8.11. The van der Waals surface area contributed by atoms with Crippen LogP contribution in [0.4, 0.5) is 0 Å². The number of aryl methyl sites for hydroxylation is 1. The Labute approximate surface area is 154 Å². The Morgan fingerprint density at radius 2 is 1.92 bits per heavy atom. The maximum absolute atomic E-state index is 12.5. The number of carbonyl (C=O) groups excluding carboxylic acids is 1. The molecule has 1 saturated heterocycles. The second-order valence-electron chi connectivity index (χ2n) is 7.16. The molecular formula is C17H23Cl2NO3S. The van der Waals surface area contributed by atoms with E-state index in [2.05, 4.69) is 0 Å². The van der Waals surface area contributed by atoms with Crippen molar-refractivity contribution in [1.29, 1.82) is 0 Å². The molecule has 2 rings (SSSR count). The Morgan fingerprint density at radius 1 is 1.25 bits per heavy atom. The predicted molar refractivity (Wildman–Crippen MR) is 98.4 cm³/mol. The van der Waals surface area contributed by atoms with Gasteiger partial charge in [0.1, 0.15) is 0 Å². The summed E-state index contributed by atoms with van der Waals surface area (Å²) in [6.07, 6.45) is 1.40. The molecule has 4 nitrogen and oxygen atoms in total. The van der Waals surface area contributed by atoms with Crippen LogP contribution >= 0.6 is 23.2 Å². The van der Waals surface area contributed by atoms with Gasteiger partial charge in [-0.1, -0.05) is 29.3 Å². The lowest BCUT2D eigenvalue weighted by molar-refractivity contribution is -0.130. The highest BCUT2D eigenvalue weighted by Gasteiger charge is 2.41. The molecule has 134 valence electrons. The van der Waals surface area contributed by atoms with Gasteiger partial charge in [0.2, 0.25) is 5.91 Å². The molecule has 0 N–H and O–H groups in total. The molecule has 0 spiro atoms. The van der Waals surface area contributed by atoms with E-state index in [1.807, 2.05) is 6.07 Å². The van der Waals surface area contributed by atoms with Crippen molar-refractivity contribution in [2.24, 2.45) is 0 Å². The Kier molecular flexibility index (Phi) is 5.88. The van der Waals surface area contributed by atoms with E-state index in [9.17, 15) is 13.2 Å². The summed E-state index contributed by atoms with van der Waals surface area (Å²) in [5, 5.41) is 0.493. The van der Waals surface area contributed by atoms with Crippen molar-refractivity contribution in [3.63, 3.8) is 0 Å². The van der Waals surface area contributed by atoms with Crippen LogP contribution in [0.3, 0.4) is 0 Å². The fraction of sp³-hybridized carbons (Fsp3) is 0.588. The Hall–Kier alpha value is -0.780. The van der Waals surface area contributed by atoms with Crippen LogP contribution in [0.5, 0.6) is 0 Å². The highest BCUT2D eigenvalue weighted by atomic mass is 35.5. The van der Waals surface area contributed by atoms with Crippen LogP contribution in [0.15, 0.2) is 18.2 Å². The first-order valence-electron chi connectivity index (χ1n) is 7.97. The number of sulfone groups is 1. The molecule has 0 aliphatic carbocycles. The van der Waals surface area contributed by atoms with Crippen LogP contribution in [-0.4, -0.2) is 42.3 Å². The zero-order valence-corrected chi connectivity index (χ0v) is 16.5. The monoisotopic (exact) mass is 391 g/mol. The van der Waals surface area contributed by atoms with Crippen LogP contribution in [0.2, 0.25) is 10.0 Å². The first-order valence-corrected chi connectivity index (χ1v) is 10.3. The van der Waals surface area contributed by atoms with E-state index in [1.165, 1.54) is 0 Å². The predicted octanol–water partition coefficient (Wildman–Crippen LogP) is 3.74. The summed E-state index contributed by atoms with van der Waals surface area (Å²) < 4.78 is 24.2. The van der Waals surface area contributed by atoms with Gasteiger partial charge < -0.3 is 4.90 Å². The van der Waals surface area contributed by atoms with Crippen molar-refractivity contribution in [3.05, 3.63) is 33.8 Å². The van der Waals surface area contributed by atoms with Gasteiger partial charge in [-0.25, -0.2) is 8.42 Å². The van der Waals surface area contributed by atoms with Crippen LogP contribution in [0.1, 0.15) is 39.2 Å². The summed E-state index contributed by atoms with van der Waals surface area (Å²) in [6, 6.07) is 5.32. The molecule has 1 atom stereocenters. The molecule has 1 amide bonds. The van der Waals surface area contributed by atoms with E-state index in [4.69, 9.17) is 23.2 Å². The number of hydrogen-bond acceptors (Lipinski definition) is 3. The van der Waals surface area contributed by atoms with Gasteiger partial charge in [-0.05, 0) is 51.3 Å². The SMILES string of the molecule is CC(C)(C)S(=O)(=O)C1CCN(C(=O)CCc2ccc(Cl)c(Cl)c2)C1. The summed E-state index contributed by atoms with van der Waals surface area (Å²) in [5.74, 6) is -0.0207. The molecule has 0 radical (unpaired) electrons. The highest BCUT2D eigenvalue weighted by molar-refractivity contribution is 7.93. The molecule has 1 aliphatic rings. The average molecular weight is 392 g/mol. The third kappa shape index (κ3) is 4.24. The van der Waals surface area contributed by atoms with Crippen molar-refractivity contribution in [2.75, 3.05) is 13.1 Å². The Morgan fingerprint density at radius 3 is 2.50 bits per heavy atom. The summed E-state index contributed by atoms with van der Waals surface area (Å²) in [5.41, 5.74) is 0.941. The van der Waals surface area contributed by atoms with Gasteiger partial charge >= 0.3 is 0 Å². The van der Waals surface area contributed by atoms with Gasteiger partial charge in [-0.3, -0.25) is 4.79 Å². The number of likely N-dealkylation sites (tertiary alicyclic amines) is 1. The maximum atomic E-state index is 12.5. The first kappa shape index (κ1) is 19.5. The molecule has 1 fully saturated rings. The molecule has 0 saturated carbocycles. The van der Waals surface area contributed by atoms with E-state index in [0.717, 1.165) is 5.56 Å². The molecule has 24 heavy (non-hydrogen) atoms. The van der Waals surface area contributed by atoms with Gasteiger partial charge in [0.05, 0.1) is 20.0 Å². The fourth-order valence-corrected chi connectivity index (χ4v) is 4.93. The van der Waals surface area contributed by atoms with Gasteiger partial charge in [-0.15, -0.1) is 0 Å². The first-order chi connectivity index (χ1) is 11.0. The van der Waals surface area contributed by atoms with E-state index < -0.39 is 19.8 Å². The number of rotatable bonds is 4. The van der Waals surface area contributed by atoms with E-state index in [0.29, 0.717) is 42.4 Å². The van der Waals surface area contributed by atoms with Crippen molar-refractivity contribution in [2.45, 2.75) is 50.0 Å². The van der Waals surface area contributed by atoms with Crippen molar-refractivity contribution in [1.82, 2.24) is 4.90 Å². The minimum absolute atomic E-state index is 0.0207. The number of carbonyl (C=O) groups is 1. The lowest BCUT2D eigenvalue weighted by Gasteiger charge is -2.24. The summed E-state index contributed by atoms with van der Waals surface area (Å²) in [7, 11) is -3.25. The second-order valence-corrected chi connectivity index (χ2v) is 11.0. The Bertz CT molecular complexity index is 726. The van der Waals surface area contributed by atoms with Crippen molar-refractivity contribution in [3.8, 4) is 0 Å². The molecule has 0 aromatic heterocycles. The summed E-state index contributed by atoms with van der Waals surface area (Å²) >= 11 is 11.9. The molecule has 7 heteroatoms. The largest absolute Gasteiger partial charge is 0.341 e. The molecule has 1 unspecified atom stereocenters. The number of amides is 1. The lowest BCUT2D eigenvalue weighted by atomic mass is 10.1. The van der Waals surface area contributed by atoms with Crippen LogP contribution in [0, 0.1) is 0 Å². The molecule has 1 aliphatic heterocycles. The molecule has 1 heterocycles. The molecule has 1 aromatic carbocycles. The third-order valence-electron chi connectivity index (χ3n) is 4.40. The lowest BCUT2D eigenvalue weighted by Crippen LogP contribution is -2.39. The van der Waals surface area contributed by atoms with Gasteiger partial charge in [0, 0.05) is 19.5 Å². The van der Waals surface area contributed by atoms with Crippen LogP contribution in [0.25, 0.3) is 0 Å². The summed E-state index contributed by atoms with van der Waals surface area (Å²) in [4.78, 5) is 14.0. The topological polar surface area (TPSA) is 54.5 Å². The highest BCUT2D eigenvalue weighted by Crippen LogP contribution is 2.28. The maximum Gasteiger partial charge on any atom is 0.222 e. The number of halogens is 2. The van der Waals surface area contributed by atoms with Gasteiger partial charge in [-0.2, -0.15) is 0 Å². The summed E-state index contributed by atoms with van der Waals surface area (Å²) in [6.45, 7) is 5.91. The molecule has 0 bridgehead atoms. The molecule has 1 aromatic rings. The van der Waals surface area contributed by atoms with Gasteiger partial charge in [0.15, 0.2) is 9.84 Å². The minimum atomic E-state index is -3.25. The number of nitrogens with zero attached hydrogens (tertiary/aromatic N) is 1. The fourth-order valence-electron chi connectivity index (χ4n) is 2.81. The Balaban J connectivity index is 1.94. The van der Waals surface area contributed by atoms with E-state index >= 15 is 0 Å². The van der Waals surface area contributed by atoms with Crippen molar-refractivity contribution < 1.29 is 13.2 Å². The smallest absolute Gasteiger partial charge is 0.222 e. The standard InChI is InChI=1S/C17H23Cl2NO3S/c1-17(2,3)24(22,23)13-8-9-20(11-13)16(21)7-5-12-4-6-14(18)15(19)10-12/h4,6,10,13H,5,7-9,11H2,1-3H3. The number of benzene rings is 1. The minimum Gasteiger partial charge on any atom is -0.341 e. The van der Waals surface area contributed by atoms with E-state index in [-0.39, 0.29) is 5.91 Å². The zero-order valence-electron chi connectivity index (χ0n) is 14.2. The van der Waals surface area contributed by atoms with Gasteiger partial charge in [0.25, 0.3) is 0 Å². The van der Waals surface area contributed by atoms with Crippen LogP contribution < -0.4 is 0 Å². The normalized spacial score (nSPS) is 18.9. The second kappa shape index (κ2) is 7.22. The molecular weight excluding hydrogens is 369 g/mol. The van der Waals surface area contributed by atoms with Crippen LogP contribution in [-0.2, 0) is 21.1 Å². The average Bonchev–Trinajstić information content (AvgIpc) is 2.97.